The number of carbonyl (C=O) groups is 3. The molecule has 4 fully saturated rings. The van der Waals surface area contributed by atoms with Crippen LogP contribution in [0.4, 0.5) is 0 Å². The third kappa shape index (κ3) is 4.33. The fourth-order valence-corrected chi connectivity index (χ4v) is 6.09. The number of amides is 3. The largest absolute Gasteiger partial charge is 0.496 e. The molecule has 2 bridgehead atoms. The molecular formula is C26H31N5O4. The molecule has 1 aromatic carbocycles. The Morgan fingerprint density at radius 1 is 1.26 bits per heavy atom. The van der Waals surface area contributed by atoms with Crippen LogP contribution < -0.4 is 15.4 Å². The van der Waals surface area contributed by atoms with Crippen LogP contribution in [0.1, 0.15) is 55.4 Å². The van der Waals surface area contributed by atoms with E-state index < -0.39 is 12.1 Å². The number of carbonyl (C=O) groups excluding carboxylic acids is 3. The molecule has 35 heavy (non-hydrogen) atoms. The lowest BCUT2D eigenvalue weighted by Crippen LogP contribution is -2.63. The number of rotatable bonds is 6. The second-order valence-electron chi connectivity index (χ2n) is 9.89. The van der Waals surface area contributed by atoms with Crippen LogP contribution in [0.3, 0.4) is 0 Å². The summed E-state index contributed by atoms with van der Waals surface area (Å²) in [6, 6.07) is 8.12. The molecule has 0 radical (unpaired) electrons. The van der Waals surface area contributed by atoms with Crippen molar-refractivity contribution in [3.63, 3.8) is 0 Å². The van der Waals surface area contributed by atoms with Gasteiger partial charge in [0.2, 0.25) is 11.8 Å². The summed E-state index contributed by atoms with van der Waals surface area (Å²) >= 11 is 0. The molecule has 3 atom stereocenters. The molecule has 4 aliphatic rings. The maximum Gasteiger partial charge on any atom is 0.271 e. The van der Waals surface area contributed by atoms with Crippen LogP contribution in [0, 0.1) is 23.2 Å². The lowest BCUT2D eigenvalue weighted by molar-refractivity contribution is -0.134. The summed E-state index contributed by atoms with van der Waals surface area (Å²) < 4.78 is 5.43. The normalized spacial score (nSPS) is 26.6. The first kappa shape index (κ1) is 23.2. The third-order valence-corrected chi connectivity index (χ3v) is 7.85. The third-order valence-electron chi connectivity index (χ3n) is 7.85. The van der Waals surface area contributed by atoms with Gasteiger partial charge in [0.25, 0.3) is 5.91 Å². The predicted octanol–water partition coefficient (Wildman–Crippen LogP) is 2.48. The lowest BCUT2D eigenvalue weighted by atomic mass is 9.74. The molecule has 0 unspecified atom stereocenters. The van der Waals surface area contributed by atoms with Gasteiger partial charge in [0.05, 0.1) is 13.2 Å². The Labute approximate surface area is 204 Å². The van der Waals surface area contributed by atoms with Crippen molar-refractivity contribution in [1.29, 1.82) is 5.26 Å². The number of nitrogens with one attached hydrogen (secondary N) is 3. The minimum Gasteiger partial charge on any atom is -0.496 e. The van der Waals surface area contributed by atoms with Gasteiger partial charge in [0, 0.05) is 29.4 Å². The second-order valence-corrected chi connectivity index (χ2v) is 9.89. The Bertz CT molecular complexity index is 1180. The fraction of sp³-hybridized carbons (Fsp3) is 0.538. The molecule has 3 aliphatic heterocycles. The number of nitriles is 1. The number of fused-ring (bicyclic) bond motifs is 4. The highest BCUT2D eigenvalue weighted by Crippen LogP contribution is 2.41. The van der Waals surface area contributed by atoms with Gasteiger partial charge in [-0.05, 0) is 69.1 Å². The van der Waals surface area contributed by atoms with Crippen molar-refractivity contribution in [2.45, 2.75) is 63.1 Å². The topological polar surface area (TPSA) is 127 Å². The van der Waals surface area contributed by atoms with Crippen molar-refractivity contribution in [2.75, 3.05) is 13.7 Å². The van der Waals surface area contributed by atoms with E-state index in [4.69, 9.17) is 4.74 Å². The predicted molar refractivity (Wildman–Crippen MR) is 128 cm³/mol. The van der Waals surface area contributed by atoms with Crippen LogP contribution in [0.2, 0.25) is 0 Å². The number of aromatic amines is 1. The van der Waals surface area contributed by atoms with E-state index >= 15 is 0 Å². The van der Waals surface area contributed by atoms with E-state index in [1.807, 2.05) is 18.2 Å². The summed E-state index contributed by atoms with van der Waals surface area (Å²) in [7, 11) is 1.59. The molecule has 184 valence electrons. The Balaban J connectivity index is 1.37. The molecule has 3 saturated heterocycles. The van der Waals surface area contributed by atoms with Crippen LogP contribution in [-0.4, -0.2) is 59.4 Å². The van der Waals surface area contributed by atoms with Gasteiger partial charge >= 0.3 is 0 Å². The maximum atomic E-state index is 13.7. The Kier molecular flexibility index (Phi) is 6.37. The first-order valence-corrected chi connectivity index (χ1v) is 12.5. The Morgan fingerprint density at radius 3 is 2.77 bits per heavy atom. The van der Waals surface area contributed by atoms with Crippen LogP contribution >= 0.6 is 0 Å². The van der Waals surface area contributed by atoms with Crippen LogP contribution in [0.15, 0.2) is 24.3 Å². The van der Waals surface area contributed by atoms with Crippen molar-refractivity contribution in [1.82, 2.24) is 20.5 Å². The van der Waals surface area contributed by atoms with Gasteiger partial charge in [0.15, 0.2) is 0 Å². The zero-order valence-corrected chi connectivity index (χ0v) is 19.9. The van der Waals surface area contributed by atoms with E-state index in [0.717, 1.165) is 43.0 Å². The quantitative estimate of drug-likeness (QED) is 0.589. The smallest absolute Gasteiger partial charge is 0.271 e. The number of ether oxygens (including phenoxy) is 1. The summed E-state index contributed by atoms with van der Waals surface area (Å²) in [5.74, 6) is -0.123. The van der Waals surface area contributed by atoms with E-state index in [1.165, 1.54) is 0 Å². The molecular weight excluding hydrogens is 446 g/mol. The second kappa shape index (κ2) is 9.61. The number of nitrogens with zero attached hydrogens (tertiary/aromatic N) is 2. The van der Waals surface area contributed by atoms with Crippen LogP contribution in [0.5, 0.6) is 5.75 Å². The van der Waals surface area contributed by atoms with E-state index in [2.05, 4.69) is 21.7 Å². The molecule has 1 saturated carbocycles. The average molecular weight is 478 g/mol. The molecule has 2 aromatic rings. The van der Waals surface area contributed by atoms with Gasteiger partial charge in [0.1, 0.15) is 23.5 Å². The van der Waals surface area contributed by atoms with Gasteiger partial charge in [-0.15, -0.1) is 0 Å². The standard InChI is InChI=1S/C26H31N5O4/c1-35-22-6-2-5-20-19(22)13-21(30-20)26(34)31-18-9-7-15(8-10-18)23(31)25(33)29-17(14-27)12-16-4-3-11-28-24(16)32/h2,5-6,13,15-18,23,30H,3-4,7-12H2,1H3,(H,28,32)(H,29,33)/t15?,16-,17-,18?,23+/m0/s1. The van der Waals surface area contributed by atoms with E-state index in [-0.39, 0.29) is 42.0 Å². The van der Waals surface area contributed by atoms with Gasteiger partial charge in [-0.25, -0.2) is 0 Å². The maximum absolute atomic E-state index is 13.7. The molecule has 1 aromatic heterocycles. The molecule has 3 N–H and O–H groups in total. The number of methoxy groups -OCH3 is 1. The van der Waals surface area contributed by atoms with Gasteiger partial charge < -0.3 is 25.3 Å². The molecule has 9 heteroatoms. The van der Waals surface area contributed by atoms with Crippen molar-refractivity contribution in [3.8, 4) is 11.8 Å². The zero-order valence-electron chi connectivity index (χ0n) is 19.9. The zero-order chi connectivity index (χ0) is 24.5. The van der Waals surface area contributed by atoms with Crippen molar-refractivity contribution in [2.24, 2.45) is 11.8 Å². The van der Waals surface area contributed by atoms with Crippen molar-refractivity contribution in [3.05, 3.63) is 30.0 Å². The summed E-state index contributed by atoms with van der Waals surface area (Å²) in [5, 5.41) is 16.2. The minimum absolute atomic E-state index is 0.0128. The molecule has 4 heterocycles. The fourth-order valence-electron chi connectivity index (χ4n) is 6.09. The number of hydrogen-bond donors (Lipinski definition) is 3. The van der Waals surface area contributed by atoms with Crippen molar-refractivity contribution < 1.29 is 19.1 Å². The van der Waals surface area contributed by atoms with Crippen molar-refractivity contribution >= 4 is 28.6 Å². The Hall–Kier alpha value is -3.54. The number of benzene rings is 1. The van der Waals surface area contributed by atoms with E-state index in [1.54, 1.807) is 18.1 Å². The molecule has 6 rings (SSSR count). The number of aromatic nitrogens is 1. The molecule has 9 nitrogen and oxygen atoms in total. The summed E-state index contributed by atoms with van der Waals surface area (Å²) in [5.41, 5.74) is 1.22. The van der Waals surface area contributed by atoms with Gasteiger partial charge in [-0.3, -0.25) is 14.4 Å². The lowest BCUT2D eigenvalue weighted by Gasteiger charge is -2.50. The summed E-state index contributed by atoms with van der Waals surface area (Å²) in [6.07, 6.45) is 5.37. The van der Waals surface area contributed by atoms with Crippen LogP contribution in [-0.2, 0) is 9.59 Å². The average Bonchev–Trinajstić information content (AvgIpc) is 3.33. The number of hydrogen-bond acceptors (Lipinski definition) is 5. The first-order chi connectivity index (χ1) is 17.0. The SMILES string of the molecule is COc1cccc2[nH]c(C(=O)N3C4CCC(CC4)[C@@H]3C(=O)N[C@H](C#N)C[C@@H]3CCCNC3=O)cc12. The van der Waals surface area contributed by atoms with Crippen LogP contribution in [0.25, 0.3) is 10.9 Å². The summed E-state index contributed by atoms with van der Waals surface area (Å²) in [6.45, 7) is 0.654. The molecule has 0 spiro atoms. The molecule has 3 amide bonds. The Morgan fingerprint density at radius 2 is 2.06 bits per heavy atom. The highest BCUT2D eigenvalue weighted by Gasteiger charge is 2.48. The highest BCUT2D eigenvalue weighted by atomic mass is 16.5. The van der Waals surface area contributed by atoms with E-state index in [9.17, 15) is 19.6 Å². The summed E-state index contributed by atoms with van der Waals surface area (Å²) in [4.78, 5) is 44.3. The minimum atomic E-state index is -0.772. The first-order valence-electron chi connectivity index (χ1n) is 12.5. The highest BCUT2D eigenvalue weighted by molar-refractivity contribution is 6.02. The van der Waals surface area contributed by atoms with Gasteiger partial charge in [-0.2, -0.15) is 5.26 Å². The number of H-pyrrole nitrogens is 1. The monoisotopic (exact) mass is 477 g/mol. The molecule has 1 aliphatic carbocycles. The van der Waals surface area contributed by atoms with Gasteiger partial charge in [-0.1, -0.05) is 6.07 Å². The van der Waals surface area contributed by atoms with E-state index in [0.29, 0.717) is 24.4 Å². The number of piperidine rings is 3.